The molecule has 0 radical (unpaired) electrons. The van der Waals surface area contributed by atoms with Crippen LogP contribution in [0.4, 0.5) is 24.8 Å². The van der Waals surface area contributed by atoms with Crippen molar-refractivity contribution in [2.24, 2.45) is 11.1 Å². The lowest BCUT2D eigenvalue weighted by atomic mass is 9.88. The van der Waals surface area contributed by atoms with Crippen LogP contribution < -0.4 is 16.0 Å². The maximum atomic E-state index is 13.0. The summed E-state index contributed by atoms with van der Waals surface area (Å²) in [5, 5.41) is 3.21. The normalized spacial score (nSPS) is 17.8. The van der Waals surface area contributed by atoms with Crippen molar-refractivity contribution in [3.05, 3.63) is 46.8 Å². The van der Waals surface area contributed by atoms with Gasteiger partial charge in [-0.2, -0.15) is 13.2 Å². The fraction of sp³-hybridized carbons (Fsp3) is 0.542. The molecule has 33 heavy (non-hydrogen) atoms. The molecule has 0 saturated carbocycles. The zero-order chi connectivity index (χ0) is 24.6. The van der Waals surface area contributed by atoms with Gasteiger partial charge in [0.15, 0.2) is 0 Å². The van der Waals surface area contributed by atoms with Crippen LogP contribution in [0.1, 0.15) is 68.6 Å². The van der Waals surface area contributed by atoms with E-state index in [1.165, 1.54) is 0 Å². The largest absolute Gasteiger partial charge is 0.416 e. The number of halogens is 3. The van der Waals surface area contributed by atoms with Gasteiger partial charge in [-0.25, -0.2) is 9.97 Å². The minimum Gasteiger partial charge on any atom is -0.368 e. The SMILES string of the molecule is Cc1nc(NC(CC(C)(C)C)C(N)=O)c(C)c(N2CCCC2c2ccc(C(F)(F)F)cc2)n1. The van der Waals surface area contributed by atoms with Crippen molar-refractivity contribution in [1.29, 1.82) is 0 Å². The number of anilines is 2. The summed E-state index contributed by atoms with van der Waals surface area (Å²) >= 11 is 0. The van der Waals surface area contributed by atoms with E-state index in [9.17, 15) is 18.0 Å². The highest BCUT2D eigenvalue weighted by molar-refractivity contribution is 5.83. The molecule has 3 rings (SSSR count). The molecule has 1 aliphatic heterocycles. The van der Waals surface area contributed by atoms with Crippen molar-refractivity contribution < 1.29 is 18.0 Å². The molecule has 3 N–H and O–H groups in total. The number of carbonyl (C=O) groups is 1. The molecule has 0 aliphatic carbocycles. The Kier molecular flexibility index (Phi) is 6.91. The Labute approximate surface area is 192 Å². The topological polar surface area (TPSA) is 84.1 Å². The van der Waals surface area contributed by atoms with Crippen molar-refractivity contribution in [1.82, 2.24) is 9.97 Å². The summed E-state index contributed by atoms with van der Waals surface area (Å²) in [5.41, 5.74) is 6.46. The summed E-state index contributed by atoms with van der Waals surface area (Å²) < 4.78 is 38.9. The number of carbonyl (C=O) groups excluding carboxylic acids is 1. The summed E-state index contributed by atoms with van der Waals surface area (Å²) in [5.74, 6) is 1.34. The number of nitrogens with zero attached hydrogens (tertiary/aromatic N) is 3. The molecule has 2 atom stereocenters. The third-order valence-corrected chi connectivity index (χ3v) is 5.85. The molecule has 2 aromatic rings. The second-order valence-corrected chi connectivity index (χ2v) is 9.90. The van der Waals surface area contributed by atoms with Crippen LogP contribution in [0, 0.1) is 19.3 Å². The summed E-state index contributed by atoms with van der Waals surface area (Å²) in [7, 11) is 0. The highest BCUT2D eigenvalue weighted by Gasteiger charge is 2.33. The Hall–Kier alpha value is -2.84. The molecule has 1 fully saturated rings. The molecule has 1 amide bonds. The van der Waals surface area contributed by atoms with Gasteiger partial charge in [0, 0.05) is 12.1 Å². The molecule has 2 heterocycles. The monoisotopic (exact) mass is 463 g/mol. The Balaban J connectivity index is 1.92. The van der Waals surface area contributed by atoms with Crippen molar-refractivity contribution >= 4 is 17.5 Å². The second kappa shape index (κ2) is 9.19. The summed E-state index contributed by atoms with van der Waals surface area (Å²) in [6.45, 7) is 10.5. The van der Waals surface area contributed by atoms with Crippen molar-refractivity contribution in [3.8, 4) is 0 Å². The van der Waals surface area contributed by atoms with E-state index in [-0.39, 0.29) is 11.5 Å². The number of primary amides is 1. The number of amides is 1. The predicted molar refractivity (Wildman–Crippen MR) is 123 cm³/mol. The van der Waals surface area contributed by atoms with Crippen molar-refractivity contribution in [2.45, 2.75) is 72.1 Å². The number of nitrogens with one attached hydrogen (secondary N) is 1. The number of hydrogen-bond donors (Lipinski definition) is 2. The average molecular weight is 464 g/mol. The van der Waals surface area contributed by atoms with Crippen LogP contribution in [-0.4, -0.2) is 28.5 Å². The molecular formula is C24H32F3N5O. The molecular weight excluding hydrogens is 431 g/mol. The van der Waals surface area contributed by atoms with Crippen LogP contribution in [0.2, 0.25) is 0 Å². The maximum absolute atomic E-state index is 13.0. The second-order valence-electron chi connectivity index (χ2n) is 9.90. The maximum Gasteiger partial charge on any atom is 0.416 e. The molecule has 6 nitrogen and oxygen atoms in total. The van der Waals surface area contributed by atoms with E-state index in [1.807, 2.05) is 27.7 Å². The number of rotatable bonds is 6. The van der Waals surface area contributed by atoms with E-state index in [4.69, 9.17) is 5.73 Å². The highest BCUT2D eigenvalue weighted by Crippen LogP contribution is 2.39. The van der Waals surface area contributed by atoms with Crippen LogP contribution in [0.15, 0.2) is 24.3 Å². The average Bonchev–Trinajstić information content (AvgIpc) is 3.18. The van der Waals surface area contributed by atoms with Gasteiger partial charge in [-0.15, -0.1) is 0 Å². The van der Waals surface area contributed by atoms with E-state index in [1.54, 1.807) is 19.1 Å². The third-order valence-electron chi connectivity index (χ3n) is 5.85. The summed E-state index contributed by atoms with van der Waals surface area (Å²) in [6.07, 6.45) is -2.12. The Morgan fingerprint density at radius 2 is 1.82 bits per heavy atom. The molecule has 9 heteroatoms. The Morgan fingerprint density at radius 1 is 1.18 bits per heavy atom. The quantitative estimate of drug-likeness (QED) is 0.619. The first kappa shape index (κ1) is 24.8. The molecule has 2 unspecified atom stereocenters. The number of hydrogen-bond acceptors (Lipinski definition) is 5. The zero-order valence-electron chi connectivity index (χ0n) is 19.8. The van der Waals surface area contributed by atoms with Crippen molar-refractivity contribution in [2.75, 3.05) is 16.8 Å². The molecule has 180 valence electrons. The fourth-order valence-corrected chi connectivity index (χ4v) is 4.30. The van der Waals surface area contributed by atoms with Crippen LogP contribution in [0.25, 0.3) is 0 Å². The van der Waals surface area contributed by atoms with E-state index in [0.29, 0.717) is 23.9 Å². The summed E-state index contributed by atoms with van der Waals surface area (Å²) in [6, 6.07) is 4.66. The highest BCUT2D eigenvalue weighted by atomic mass is 19.4. The van der Waals surface area contributed by atoms with Gasteiger partial charge in [0.2, 0.25) is 5.91 Å². The Morgan fingerprint density at radius 3 is 2.36 bits per heavy atom. The molecule has 1 aliphatic rings. The fourth-order valence-electron chi connectivity index (χ4n) is 4.30. The van der Waals surface area contributed by atoms with Gasteiger partial charge in [-0.05, 0) is 56.2 Å². The third kappa shape index (κ3) is 5.94. The minimum atomic E-state index is -4.36. The van der Waals surface area contributed by atoms with Gasteiger partial charge in [-0.3, -0.25) is 4.79 Å². The number of benzene rings is 1. The van der Waals surface area contributed by atoms with Crippen molar-refractivity contribution in [3.63, 3.8) is 0 Å². The van der Waals surface area contributed by atoms with Gasteiger partial charge >= 0.3 is 6.18 Å². The van der Waals surface area contributed by atoms with Gasteiger partial charge in [0.05, 0.1) is 11.6 Å². The van der Waals surface area contributed by atoms with Crippen LogP contribution in [0.5, 0.6) is 0 Å². The smallest absolute Gasteiger partial charge is 0.368 e. The van der Waals surface area contributed by atoms with Crippen LogP contribution in [0.3, 0.4) is 0 Å². The Bertz CT molecular complexity index is 999. The molecule has 0 bridgehead atoms. The zero-order valence-corrected chi connectivity index (χ0v) is 19.8. The van der Waals surface area contributed by atoms with Gasteiger partial charge < -0.3 is 16.0 Å². The first-order valence-corrected chi connectivity index (χ1v) is 11.1. The number of nitrogens with two attached hydrogens (primary N) is 1. The van der Waals surface area contributed by atoms with E-state index < -0.39 is 23.7 Å². The number of aryl methyl sites for hydroxylation is 1. The van der Waals surface area contributed by atoms with Gasteiger partial charge in [0.1, 0.15) is 23.5 Å². The first-order valence-electron chi connectivity index (χ1n) is 11.1. The lowest BCUT2D eigenvalue weighted by Gasteiger charge is -2.30. The van der Waals surface area contributed by atoms with E-state index in [2.05, 4.69) is 20.2 Å². The molecule has 1 aromatic heterocycles. The summed E-state index contributed by atoms with van der Waals surface area (Å²) in [4.78, 5) is 23.4. The van der Waals surface area contributed by atoms with Gasteiger partial charge in [0.25, 0.3) is 0 Å². The lowest BCUT2D eigenvalue weighted by Crippen LogP contribution is -2.39. The van der Waals surface area contributed by atoms with Crippen LogP contribution in [-0.2, 0) is 11.0 Å². The minimum absolute atomic E-state index is 0.0883. The number of alkyl halides is 3. The molecule has 1 aromatic carbocycles. The predicted octanol–water partition coefficient (Wildman–Crippen LogP) is 5.16. The number of aromatic nitrogens is 2. The van der Waals surface area contributed by atoms with Crippen LogP contribution >= 0.6 is 0 Å². The van der Waals surface area contributed by atoms with Gasteiger partial charge in [-0.1, -0.05) is 32.9 Å². The molecule has 0 spiro atoms. The van der Waals surface area contributed by atoms with E-state index >= 15 is 0 Å². The molecule has 1 saturated heterocycles. The lowest BCUT2D eigenvalue weighted by molar-refractivity contribution is -0.137. The standard InChI is InChI=1S/C24H32F3N5O/c1-14-21(31-18(20(28)33)13-23(3,4)5)29-15(2)30-22(14)32-12-6-7-19(32)16-8-10-17(11-9-16)24(25,26)27/h8-11,18-19H,6-7,12-13H2,1-5H3,(H2,28,33)(H,29,30,31). The van der Waals surface area contributed by atoms with E-state index in [0.717, 1.165) is 42.6 Å². The first-order chi connectivity index (χ1) is 15.3.